The van der Waals surface area contributed by atoms with E-state index in [0.717, 1.165) is 5.69 Å². The molecule has 2 N–H and O–H groups in total. The van der Waals surface area contributed by atoms with Gasteiger partial charge in [0.2, 0.25) is 0 Å². The van der Waals surface area contributed by atoms with Crippen LogP contribution in [-0.2, 0) is 12.4 Å². The lowest BCUT2D eigenvalue weighted by Gasteiger charge is -2.12. The van der Waals surface area contributed by atoms with E-state index in [4.69, 9.17) is 26.4 Å². The number of anilines is 1. The lowest BCUT2D eigenvalue weighted by atomic mass is 10.2. The molecule has 0 atom stereocenters. The summed E-state index contributed by atoms with van der Waals surface area (Å²) in [5, 5.41) is 8.40. The highest BCUT2D eigenvalue weighted by Gasteiger charge is 2.20. The SMILES string of the molecule is C.CC#CC.Cc1noc2nc(CCl)n(-c3ccccc3)c(=O)c12.Cc1noc2nc(Cn3cnc4c(N)ncnc43)n(-c3ccccc3)c(=O)c12. The van der Waals surface area contributed by atoms with E-state index in [1.165, 1.54) is 10.9 Å². The first kappa shape index (κ1) is 36.6. The molecule has 0 aliphatic rings. The largest absolute Gasteiger partial charge is 0.382 e. The van der Waals surface area contributed by atoms with Gasteiger partial charge < -0.3 is 19.3 Å². The highest BCUT2D eigenvalue weighted by atomic mass is 35.5. The maximum Gasteiger partial charge on any atom is 0.271 e. The van der Waals surface area contributed by atoms with Gasteiger partial charge in [-0.15, -0.1) is 23.4 Å². The van der Waals surface area contributed by atoms with Crippen LogP contribution in [-0.4, -0.2) is 48.9 Å². The van der Waals surface area contributed by atoms with Gasteiger partial charge in [-0.05, 0) is 52.0 Å². The second-order valence-electron chi connectivity index (χ2n) is 10.8. The number of rotatable bonds is 5. The Morgan fingerprint density at radius 1 is 0.750 bits per heavy atom. The number of benzene rings is 2. The average molecular weight is 720 g/mol. The number of nitrogens with two attached hydrogens (primary N) is 1. The first-order valence-corrected chi connectivity index (χ1v) is 16.0. The van der Waals surface area contributed by atoms with Crippen molar-refractivity contribution in [3.05, 3.63) is 117 Å². The molecule has 15 nitrogen and oxygen atoms in total. The van der Waals surface area contributed by atoms with Crippen molar-refractivity contribution in [3.8, 4) is 23.2 Å². The van der Waals surface area contributed by atoms with Gasteiger partial charge in [0.15, 0.2) is 11.5 Å². The van der Waals surface area contributed by atoms with E-state index < -0.39 is 0 Å². The fourth-order valence-electron chi connectivity index (χ4n) is 5.20. The van der Waals surface area contributed by atoms with Crippen molar-refractivity contribution in [3.63, 3.8) is 0 Å². The van der Waals surface area contributed by atoms with Crippen LogP contribution in [0, 0.1) is 25.7 Å². The number of imidazole rings is 1. The fourth-order valence-corrected chi connectivity index (χ4v) is 5.38. The Hall–Kier alpha value is -6.66. The molecule has 0 spiro atoms. The van der Waals surface area contributed by atoms with Crippen molar-refractivity contribution in [2.24, 2.45) is 0 Å². The minimum Gasteiger partial charge on any atom is -0.382 e. The van der Waals surface area contributed by atoms with E-state index in [1.807, 2.05) is 74.5 Å². The van der Waals surface area contributed by atoms with Gasteiger partial charge in [-0.1, -0.05) is 54.1 Å². The van der Waals surface area contributed by atoms with Crippen LogP contribution in [0.2, 0.25) is 0 Å². The third kappa shape index (κ3) is 7.00. The standard InChI is InChI=1S/C18H14N8O2.C13H10ClN3O2.C4H6.CH4/c1-10-13-17(28-24-10)23-12(26(18(13)27)11-5-3-2-4-6-11)7-25-9-22-14-15(19)20-8-21-16(14)25;1-8-11-12(19-16-8)15-10(7-14)17(13(11)18)9-5-3-2-4-6-9;1-3-4-2;/h2-6,8-9H,7H2,1H3,(H2,19,20,21);2-6H,7H2,1H3;1-2H3;1H4. The molecule has 0 aliphatic heterocycles. The van der Waals surface area contributed by atoms with Crippen molar-refractivity contribution in [2.75, 3.05) is 5.73 Å². The second kappa shape index (κ2) is 15.9. The number of alkyl halides is 1. The molecule has 52 heavy (non-hydrogen) atoms. The highest BCUT2D eigenvalue weighted by Crippen LogP contribution is 2.20. The number of aromatic nitrogens is 10. The minimum absolute atomic E-state index is 0. The van der Waals surface area contributed by atoms with Crippen molar-refractivity contribution in [2.45, 2.75) is 47.5 Å². The number of hydrogen-bond donors (Lipinski definition) is 1. The quantitative estimate of drug-likeness (QED) is 0.173. The Morgan fingerprint density at radius 3 is 1.75 bits per heavy atom. The zero-order chi connectivity index (χ0) is 36.1. The number of nitrogens with zero attached hydrogens (tertiary/aromatic N) is 10. The number of nitrogen functional groups attached to an aromatic ring is 1. The average Bonchev–Trinajstić information content (AvgIpc) is 3.86. The Balaban J connectivity index is 0.000000190. The summed E-state index contributed by atoms with van der Waals surface area (Å²) in [4.78, 5) is 47.0. The summed E-state index contributed by atoms with van der Waals surface area (Å²) < 4.78 is 15.1. The first-order valence-electron chi connectivity index (χ1n) is 15.4. The Morgan fingerprint density at radius 2 is 1.25 bits per heavy atom. The summed E-state index contributed by atoms with van der Waals surface area (Å²) in [6, 6.07) is 18.5. The number of halogens is 1. The van der Waals surface area contributed by atoms with E-state index >= 15 is 0 Å². The maximum absolute atomic E-state index is 13.2. The van der Waals surface area contributed by atoms with Gasteiger partial charge in [-0.3, -0.25) is 18.7 Å². The van der Waals surface area contributed by atoms with Crippen LogP contribution in [0.1, 0.15) is 44.3 Å². The maximum atomic E-state index is 13.2. The Labute approximate surface area is 301 Å². The van der Waals surface area contributed by atoms with Crippen LogP contribution < -0.4 is 16.9 Å². The molecule has 0 saturated heterocycles. The van der Waals surface area contributed by atoms with E-state index in [-0.39, 0.29) is 42.4 Å². The van der Waals surface area contributed by atoms with Crippen molar-refractivity contribution in [1.29, 1.82) is 0 Å². The van der Waals surface area contributed by atoms with Gasteiger partial charge in [0.1, 0.15) is 34.3 Å². The topological polar surface area (TPSA) is 191 Å². The van der Waals surface area contributed by atoms with Crippen molar-refractivity contribution < 1.29 is 9.05 Å². The smallest absolute Gasteiger partial charge is 0.271 e. The molecule has 0 unspecified atom stereocenters. The van der Waals surface area contributed by atoms with Gasteiger partial charge in [-0.2, -0.15) is 9.97 Å². The molecule has 6 aromatic heterocycles. The second-order valence-corrected chi connectivity index (χ2v) is 11.1. The zero-order valence-corrected chi connectivity index (χ0v) is 28.7. The minimum atomic E-state index is -0.247. The van der Waals surface area contributed by atoms with Crippen LogP contribution in [0.15, 0.2) is 92.0 Å². The van der Waals surface area contributed by atoms with Gasteiger partial charge in [-0.25, -0.2) is 15.0 Å². The normalized spacial score (nSPS) is 10.5. The van der Waals surface area contributed by atoms with E-state index in [0.29, 0.717) is 56.5 Å². The summed E-state index contributed by atoms with van der Waals surface area (Å²) >= 11 is 5.88. The Kier molecular flexibility index (Phi) is 11.2. The van der Waals surface area contributed by atoms with Crippen LogP contribution in [0.5, 0.6) is 0 Å². The van der Waals surface area contributed by atoms with Crippen molar-refractivity contribution in [1.82, 2.24) is 48.9 Å². The van der Waals surface area contributed by atoms with Crippen molar-refractivity contribution >= 4 is 50.8 Å². The molecule has 264 valence electrons. The van der Waals surface area contributed by atoms with Gasteiger partial charge >= 0.3 is 0 Å². The molecular formula is C36H34ClN11O4. The first-order chi connectivity index (χ1) is 24.8. The summed E-state index contributed by atoms with van der Waals surface area (Å²) in [7, 11) is 0. The molecule has 2 aromatic carbocycles. The summed E-state index contributed by atoms with van der Waals surface area (Å²) in [5.41, 5.74) is 9.30. The molecule has 6 heterocycles. The van der Waals surface area contributed by atoms with Crippen LogP contribution in [0.4, 0.5) is 5.82 Å². The number of para-hydroxylation sites is 2. The third-order valence-corrected chi connectivity index (χ3v) is 7.88. The van der Waals surface area contributed by atoms with Crippen LogP contribution in [0.3, 0.4) is 0 Å². The predicted molar refractivity (Wildman–Crippen MR) is 199 cm³/mol. The number of fused-ring (bicyclic) bond motifs is 3. The van der Waals surface area contributed by atoms with Gasteiger partial charge in [0.25, 0.3) is 22.5 Å². The summed E-state index contributed by atoms with van der Waals surface area (Å²) in [6.45, 7) is 7.30. The van der Waals surface area contributed by atoms with Gasteiger partial charge in [0.05, 0.1) is 41.5 Å². The summed E-state index contributed by atoms with van der Waals surface area (Å²) in [6.07, 6.45) is 2.96. The summed E-state index contributed by atoms with van der Waals surface area (Å²) in [5.74, 6) is 6.65. The van der Waals surface area contributed by atoms with Gasteiger partial charge in [0, 0.05) is 0 Å². The molecule has 8 rings (SSSR count). The molecule has 0 radical (unpaired) electrons. The predicted octanol–water partition coefficient (Wildman–Crippen LogP) is 5.54. The van der Waals surface area contributed by atoms with E-state index in [1.54, 1.807) is 29.3 Å². The van der Waals surface area contributed by atoms with E-state index in [2.05, 4.69) is 47.1 Å². The molecule has 0 fully saturated rings. The number of aryl methyl sites for hydroxylation is 2. The lowest BCUT2D eigenvalue weighted by molar-refractivity contribution is 0.441. The van der Waals surface area contributed by atoms with E-state index in [9.17, 15) is 9.59 Å². The fraction of sp³-hybridized carbons (Fsp3) is 0.194. The third-order valence-electron chi connectivity index (χ3n) is 7.64. The Bertz CT molecular complexity index is 2660. The molecular weight excluding hydrogens is 686 g/mol. The van der Waals surface area contributed by atoms with Crippen LogP contribution in [0.25, 0.3) is 44.7 Å². The molecule has 16 heteroatoms. The highest BCUT2D eigenvalue weighted by molar-refractivity contribution is 6.16. The molecule has 0 aliphatic carbocycles. The number of hydrogen-bond acceptors (Lipinski definition) is 12. The monoisotopic (exact) mass is 719 g/mol. The molecule has 0 saturated carbocycles. The molecule has 8 aromatic rings. The lowest BCUT2D eigenvalue weighted by Crippen LogP contribution is -2.25. The molecule has 0 amide bonds. The van der Waals surface area contributed by atoms with Crippen LogP contribution >= 0.6 is 11.6 Å². The molecule has 0 bridgehead atoms. The zero-order valence-electron chi connectivity index (χ0n) is 27.9.